The van der Waals surface area contributed by atoms with Crippen LogP contribution in [0.4, 0.5) is 5.69 Å². The molecule has 5 nitrogen and oxygen atoms in total. The highest BCUT2D eigenvalue weighted by Gasteiger charge is 2.28. The topological polar surface area (TPSA) is 63.5 Å². The SMILES string of the molecule is CC(N(C)C(=O)c1ccc([N+](=O)[O-])c(Cl)c1)C(C)(C)C. The van der Waals surface area contributed by atoms with Gasteiger partial charge in [-0.15, -0.1) is 0 Å². The molecule has 0 heterocycles. The number of hydrogen-bond acceptors (Lipinski definition) is 3. The van der Waals surface area contributed by atoms with Gasteiger partial charge < -0.3 is 4.90 Å². The molecule has 1 aromatic carbocycles. The van der Waals surface area contributed by atoms with Crippen LogP contribution in [0, 0.1) is 15.5 Å². The largest absolute Gasteiger partial charge is 0.338 e. The summed E-state index contributed by atoms with van der Waals surface area (Å²) < 4.78 is 0. The van der Waals surface area contributed by atoms with E-state index in [0.717, 1.165) is 0 Å². The second-order valence-corrected chi connectivity index (χ2v) is 6.29. The Morgan fingerprint density at radius 3 is 2.35 bits per heavy atom. The van der Waals surface area contributed by atoms with Crippen LogP contribution in [0.2, 0.25) is 5.02 Å². The first-order chi connectivity index (χ1) is 9.05. The maximum Gasteiger partial charge on any atom is 0.287 e. The van der Waals surface area contributed by atoms with E-state index in [4.69, 9.17) is 11.6 Å². The van der Waals surface area contributed by atoms with Crippen molar-refractivity contribution in [2.24, 2.45) is 5.41 Å². The molecule has 0 aromatic heterocycles. The predicted molar refractivity (Wildman–Crippen MR) is 79.1 cm³/mol. The molecule has 0 aliphatic rings. The van der Waals surface area contributed by atoms with Crippen LogP contribution in [0.1, 0.15) is 38.1 Å². The number of hydrogen-bond donors (Lipinski definition) is 0. The Morgan fingerprint density at radius 2 is 1.95 bits per heavy atom. The van der Waals surface area contributed by atoms with Gasteiger partial charge in [-0.25, -0.2) is 0 Å². The summed E-state index contributed by atoms with van der Waals surface area (Å²) in [6.07, 6.45) is 0. The number of carbonyl (C=O) groups excluding carboxylic acids is 1. The lowest BCUT2D eigenvalue weighted by Crippen LogP contribution is -2.42. The summed E-state index contributed by atoms with van der Waals surface area (Å²) in [6.45, 7) is 8.10. The molecule has 0 saturated carbocycles. The number of carbonyl (C=O) groups is 1. The van der Waals surface area contributed by atoms with Crippen molar-refractivity contribution in [3.05, 3.63) is 38.9 Å². The van der Waals surface area contributed by atoms with Crippen molar-refractivity contribution in [2.75, 3.05) is 7.05 Å². The van der Waals surface area contributed by atoms with Gasteiger partial charge in [-0.3, -0.25) is 14.9 Å². The van der Waals surface area contributed by atoms with E-state index in [1.807, 2.05) is 27.7 Å². The van der Waals surface area contributed by atoms with Crippen molar-refractivity contribution in [1.29, 1.82) is 0 Å². The third-order valence-corrected chi connectivity index (χ3v) is 3.85. The molecular formula is C14H19ClN2O3. The molecule has 1 rings (SSSR count). The number of nitro groups is 1. The maximum absolute atomic E-state index is 12.4. The lowest BCUT2D eigenvalue weighted by Gasteiger charge is -2.35. The molecule has 0 aliphatic heterocycles. The summed E-state index contributed by atoms with van der Waals surface area (Å²) in [5.41, 5.74) is 0.0866. The average Bonchev–Trinajstić information content (AvgIpc) is 2.34. The van der Waals surface area contributed by atoms with Crippen LogP contribution in [-0.2, 0) is 0 Å². The first-order valence-electron chi connectivity index (χ1n) is 6.26. The zero-order valence-corrected chi connectivity index (χ0v) is 13.1. The predicted octanol–water partition coefficient (Wildman–Crippen LogP) is 3.75. The van der Waals surface area contributed by atoms with E-state index in [9.17, 15) is 14.9 Å². The third kappa shape index (κ3) is 3.48. The number of benzene rings is 1. The van der Waals surface area contributed by atoms with Crippen molar-refractivity contribution < 1.29 is 9.72 Å². The van der Waals surface area contributed by atoms with Gasteiger partial charge in [-0.05, 0) is 24.5 Å². The molecule has 1 unspecified atom stereocenters. The summed E-state index contributed by atoms with van der Waals surface area (Å²) >= 11 is 5.83. The van der Waals surface area contributed by atoms with Gasteiger partial charge >= 0.3 is 0 Å². The molecule has 6 heteroatoms. The van der Waals surface area contributed by atoms with Gasteiger partial charge in [0.25, 0.3) is 11.6 Å². The molecule has 0 radical (unpaired) electrons. The van der Waals surface area contributed by atoms with Crippen molar-refractivity contribution >= 4 is 23.2 Å². The fraction of sp³-hybridized carbons (Fsp3) is 0.500. The summed E-state index contributed by atoms with van der Waals surface area (Å²) in [5, 5.41) is 10.7. The van der Waals surface area contributed by atoms with Crippen molar-refractivity contribution in [2.45, 2.75) is 33.7 Å². The van der Waals surface area contributed by atoms with E-state index in [2.05, 4.69) is 0 Å². The molecule has 20 heavy (non-hydrogen) atoms. The van der Waals surface area contributed by atoms with E-state index >= 15 is 0 Å². The van der Waals surface area contributed by atoms with Gasteiger partial charge in [0, 0.05) is 24.7 Å². The van der Waals surface area contributed by atoms with E-state index in [-0.39, 0.29) is 28.1 Å². The van der Waals surface area contributed by atoms with Gasteiger partial charge in [0.15, 0.2) is 0 Å². The van der Waals surface area contributed by atoms with E-state index < -0.39 is 4.92 Å². The van der Waals surface area contributed by atoms with Crippen LogP contribution < -0.4 is 0 Å². The van der Waals surface area contributed by atoms with Gasteiger partial charge in [0.05, 0.1) is 4.92 Å². The summed E-state index contributed by atoms with van der Waals surface area (Å²) in [7, 11) is 1.72. The number of rotatable bonds is 3. The van der Waals surface area contributed by atoms with Gasteiger partial charge in [0.1, 0.15) is 5.02 Å². The quantitative estimate of drug-likeness (QED) is 0.630. The Morgan fingerprint density at radius 1 is 1.40 bits per heavy atom. The monoisotopic (exact) mass is 298 g/mol. The fourth-order valence-corrected chi connectivity index (χ4v) is 2.00. The lowest BCUT2D eigenvalue weighted by atomic mass is 9.87. The Balaban J connectivity index is 3.04. The Labute approximate surface area is 123 Å². The van der Waals surface area contributed by atoms with Crippen LogP contribution in [0.3, 0.4) is 0 Å². The second-order valence-electron chi connectivity index (χ2n) is 5.88. The highest BCUT2D eigenvalue weighted by molar-refractivity contribution is 6.33. The molecule has 0 bridgehead atoms. The molecule has 110 valence electrons. The van der Waals surface area contributed by atoms with Crippen molar-refractivity contribution in [3.8, 4) is 0 Å². The number of nitro benzene ring substituents is 1. The minimum absolute atomic E-state index is 0.0176. The maximum atomic E-state index is 12.4. The first kappa shape index (κ1) is 16.4. The van der Waals surface area contributed by atoms with Gasteiger partial charge in [-0.1, -0.05) is 32.4 Å². The number of nitrogens with zero attached hydrogens (tertiary/aromatic N) is 2. The number of halogens is 1. The molecule has 0 saturated heterocycles. The molecule has 1 amide bonds. The smallest absolute Gasteiger partial charge is 0.287 e. The van der Waals surface area contributed by atoms with Gasteiger partial charge in [-0.2, -0.15) is 0 Å². The molecule has 1 atom stereocenters. The van der Waals surface area contributed by atoms with Crippen LogP contribution >= 0.6 is 11.6 Å². The highest BCUT2D eigenvalue weighted by Crippen LogP contribution is 2.27. The lowest BCUT2D eigenvalue weighted by molar-refractivity contribution is -0.384. The average molecular weight is 299 g/mol. The van der Waals surface area contributed by atoms with Crippen LogP contribution in [0.25, 0.3) is 0 Å². The van der Waals surface area contributed by atoms with Crippen molar-refractivity contribution in [3.63, 3.8) is 0 Å². The molecular weight excluding hydrogens is 280 g/mol. The Hall–Kier alpha value is -1.62. The van der Waals surface area contributed by atoms with E-state index in [1.165, 1.54) is 18.2 Å². The molecule has 0 spiro atoms. The summed E-state index contributed by atoms with van der Waals surface area (Å²) in [4.78, 5) is 24.1. The molecule has 0 fully saturated rings. The van der Waals surface area contributed by atoms with Crippen molar-refractivity contribution in [1.82, 2.24) is 4.90 Å². The molecule has 1 aromatic rings. The van der Waals surface area contributed by atoms with Crippen LogP contribution in [-0.4, -0.2) is 28.8 Å². The summed E-state index contributed by atoms with van der Waals surface area (Å²) in [6, 6.07) is 4.04. The van der Waals surface area contributed by atoms with Gasteiger partial charge in [0.2, 0.25) is 0 Å². The summed E-state index contributed by atoms with van der Waals surface area (Å²) in [5.74, 6) is -0.204. The Kier molecular flexibility index (Phi) is 4.76. The second kappa shape index (κ2) is 5.79. The zero-order valence-electron chi connectivity index (χ0n) is 12.3. The molecule has 0 N–H and O–H groups in total. The Bertz CT molecular complexity index is 538. The number of amides is 1. The standard InChI is InChI=1S/C14H19ClN2O3/c1-9(14(2,3)4)16(5)13(18)10-6-7-12(17(19)20)11(15)8-10/h6-9H,1-5H3. The highest BCUT2D eigenvalue weighted by atomic mass is 35.5. The van der Waals surface area contributed by atoms with E-state index in [1.54, 1.807) is 11.9 Å². The minimum Gasteiger partial charge on any atom is -0.338 e. The normalized spacial score (nSPS) is 12.9. The first-order valence-corrected chi connectivity index (χ1v) is 6.64. The van der Waals surface area contributed by atoms with E-state index in [0.29, 0.717) is 5.56 Å². The fourth-order valence-electron chi connectivity index (χ4n) is 1.75. The minimum atomic E-state index is -0.571. The zero-order chi connectivity index (χ0) is 15.7. The van der Waals surface area contributed by atoms with Crippen LogP contribution in [0.5, 0.6) is 0 Å². The van der Waals surface area contributed by atoms with Crippen LogP contribution in [0.15, 0.2) is 18.2 Å². The third-order valence-electron chi connectivity index (χ3n) is 3.55. The molecule has 0 aliphatic carbocycles.